The maximum Gasteiger partial charge on any atom is 0.335 e. The Morgan fingerprint density at radius 2 is 1.78 bits per heavy atom. The molecule has 2 rings (SSSR count). The van der Waals surface area contributed by atoms with E-state index in [1.165, 1.54) is 7.11 Å². The minimum atomic E-state index is -0.950. The van der Waals surface area contributed by atoms with Gasteiger partial charge in [0.15, 0.2) is 0 Å². The van der Waals surface area contributed by atoms with Crippen LogP contribution in [0.4, 0.5) is 0 Å². The summed E-state index contributed by atoms with van der Waals surface area (Å²) in [4.78, 5) is 22.8. The van der Waals surface area contributed by atoms with Gasteiger partial charge < -0.3 is 9.84 Å². The van der Waals surface area contributed by atoms with Gasteiger partial charge in [0, 0.05) is 21.6 Å². The number of carbonyl (C=O) groups excluding carboxylic acids is 1. The van der Waals surface area contributed by atoms with Gasteiger partial charge in [-0.25, -0.2) is 9.59 Å². The number of hydrogen-bond donors (Lipinski definition) is 1. The van der Waals surface area contributed by atoms with Crippen LogP contribution in [-0.4, -0.2) is 34.8 Å². The summed E-state index contributed by atoms with van der Waals surface area (Å²) >= 11 is 7.12. The lowest BCUT2D eigenvalue weighted by atomic mass is 9.72. The summed E-state index contributed by atoms with van der Waals surface area (Å²) in [5.74, 6) is -1.28. The fourth-order valence-electron chi connectivity index (χ4n) is 2.62. The van der Waals surface area contributed by atoms with Crippen molar-refractivity contribution in [1.82, 2.24) is 0 Å². The highest BCUT2D eigenvalue weighted by Crippen LogP contribution is 2.46. The third-order valence-electron chi connectivity index (χ3n) is 3.95. The van der Waals surface area contributed by atoms with Crippen molar-refractivity contribution in [1.29, 1.82) is 0 Å². The molecule has 23 heavy (non-hydrogen) atoms. The first-order valence-electron chi connectivity index (χ1n) is 6.93. The van der Waals surface area contributed by atoms with Crippen molar-refractivity contribution in [2.45, 2.75) is 6.42 Å². The second-order valence-electron chi connectivity index (χ2n) is 5.37. The monoisotopic (exact) mass is 442 g/mol. The van der Waals surface area contributed by atoms with Crippen LogP contribution in [0.2, 0.25) is 0 Å². The number of aromatic carboxylic acids is 1. The first kappa shape index (κ1) is 17.9. The number of alkyl halides is 2. The van der Waals surface area contributed by atoms with Gasteiger partial charge in [-0.15, -0.1) is 0 Å². The number of halogens is 2. The molecule has 1 aliphatic rings. The van der Waals surface area contributed by atoms with E-state index in [1.807, 2.05) is 6.08 Å². The fourth-order valence-corrected chi connectivity index (χ4v) is 4.55. The Balaban J connectivity index is 2.47. The van der Waals surface area contributed by atoms with E-state index in [0.29, 0.717) is 22.7 Å². The molecule has 0 amide bonds. The van der Waals surface area contributed by atoms with Crippen LogP contribution in [0.5, 0.6) is 0 Å². The topological polar surface area (TPSA) is 63.6 Å². The summed E-state index contributed by atoms with van der Waals surface area (Å²) in [6.07, 6.45) is 4.23. The number of esters is 1. The Morgan fingerprint density at radius 3 is 2.26 bits per heavy atom. The quantitative estimate of drug-likeness (QED) is 0.550. The highest BCUT2D eigenvalue weighted by atomic mass is 79.9. The third-order valence-corrected chi connectivity index (χ3v) is 6.10. The molecule has 1 aromatic rings. The van der Waals surface area contributed by atoms with E-state index in [-0.39, 0.29) is 16.9 Å². The second kappa shape index (κ2) is 7.45. The molecule has 1 aliphatic carbocycles. The summed E-state index contributed by atoms with van der Waals surface area (Å²) in [7, 11) is 1.37. The van der Waals surface area contributed by atoms with Crippen LogP contribution in [0.25, 0.3) is 5.57 Å². The van der Waals surface area contributed by atoms with Gasteiger partial charge in [0.1, 0.15) is 0 Å². The van der Waals surface area contributed by atoms with Crippen molar-refractivity contribution >= 4 is 49.4 Å². The second-order valence-corrected chi connectivity index (χ2v) is 6.49. The summed E-state index contributed by atoms with van der Waals surface area (Å²) in [5, 5.41) is 10.3. The number of carboxylic acid groups (broad SMARTS) is 1. The largest absolute Gasteiger partial charge is 0.478 e. The Hall–Kier alpha value is -1.40. The number of allylic oxidation sites excluding steroid dienone is 3. The predicted octanol–water partition coefficient (Wildman–Crippen LogP) is 4.05. The van der Waals surface area contributed by atoms with E-state index < -0.39 is 5.97 Å². The number of rotatable bonds is 5. The van der Waals surface area contributed by atoms with Gasteiger partial charge in [-0.2, -0.15) is 0 Å². The molecule has 0 radical (unpaired) electrons. The molecular weight excluding hydrogens is 428 g/mol. The number of hydrogen-bond acceptors (Lipinski definition) is 3. The first-order valence-corrected chi connectivity index (χ1v) is 9.17. The maximum atomic E-state index is 11.8. The van der Waals surface area contributed by atoms with E-state index in [2.05, 4.69) is 31.9 Å². The molecule has 6 heteroatoms. The zero-order valence-corrected chi connectivity index (χ0v) is 15.7. The molecule has 0 fully saturated rings. The Morgan fingerprint density at radius 1 is 1.17 bits per heavy atom. The van der Waals surface area contributed by atoms with Crippen LogP contribution in [0.1, 0.15) is 22.3 Å². The lowest BCUT2D eigenvalue weighted by molar-refractivity contribution is -0.136. The predicted molar refractivity (Wildman–Crippen MR) is 96.1 cm³/mol. The average Bonchev–Trinajstić information content (AvgIpc) is 2.60. The van der Waals surface area contributed by atoms with Crippen molar-refractivity contribution in [2.24, 2.45) is 5.41 Å². The minimum absolute atomic E-state index is 0.249. The molecule has 0 saturated heterocycles. The summed E-state index contributed by atoms with van der Waals surface area (Å²) in [6.45, 7) is 0. The van der Waals surface area contributed by atoms with Crippen LogP contribution >= 0.6 is 31.9 Å². The highest BCUT2D eigenvalue weighted by Gasteiger charge is 2.37. The molecule has 0 bridgehead atoms. The molecule has 0 saturated carbocycles. The van der Waals surface area contributed by atoms with Crippen molar-refractivity contribution in [3.63, 3.8) is 0 Å². The standard InChI is InChI=1S/C17H16Br2O4/c1-23-16(22)13-6-7-14(17(8-13,9-18)10-19)11-2-4-12(5-3-11)15(20)21/h2-7H,8-10H2,1H3,(H,20,21). The lowest BCUT2D eigenvalue weighted by Gasteiger charge is -2.36. The molecule has 0 aromatic heterocycles. The SMILES string of the molecule is COC(=O)C1=CC=C(c2ccc(C(=O)O)cc2)C(CBr)(CBr)C1. The van der Waals surface area contributed by atoms with E-state index in [1.54, 1.807) is 30.3 Å². The third kappa shape index (κ3) is 3.58. The van der Waals surface area contributed by atoms with E-state index in [4.69, 9.17) is 9.84 Å². The number of ether oxygens (including phenoxy) is 1. The molecule has 0 aliphatic heterocycles. The molecule has 4 nitrogen and oxygen atoms in total. The molecular formula is C17H16Br2O4. The number of benzene rings is 1. The number of carboxylic acids is 1. The Labute approximate surface area is 151 Å². The minimum Gasteiger partial charge on any atom is -0.478 e. The average molecular weight is 444 g/mol. The molecule has 1 N–H and O–H groups in total. The van der Waals surface area contributed by atoms with Gasteiger partial charge in [0.25, 0.3) is 0 Å². The summed E-state index contributed by atoms with van der Waals surface area (Å²) < 4.78 is 4.82. The van der Waals surface area contributed by atoms with Crippen molar-refractivity contribution in [3.05, 3.63) is 53.1 Å². The molecule has 0 spiro atoms. The normalized spacial score (nSPS) is 16.3. The number of methoxy groups -OCH3 is 1. The smallest absolute Gasteiger partial charge is 0.335 e. The molecule has 0 atom stereocenters. The molecule has 1 aromatic carbocycles. The zero-order valence-electron chi connectivity index (χ0n) is 12.5. The van der Waals surface area contributed by atoms with Crippen molar-refractivity contribution < 1.29 is 19.4 Å². The Kier molecular flexibility index (Phi) is 5.81. The zero-order chi connectivity index (χ0) is 17.0. The molecule has 0 unspecified atom stereocenters. The molecule has 0 heterocycles. The van der Waals surface area contributed by atoms with Gasteiger partial charge in [0.2, 0.25) is 0 Å². The number of carbonyl (C=O) groups is 2. The van der Waals surface area contributed by atoms with Crippen LogP contribution in [0, 0.1) is 5.41 Å². The van der Waals surface area contributed by atoms with Gasteiger partial charge in [-0.05, 0) is 29.7 Å². The van der Waals surface area contributed by atoms with Crippen LogP contribution in [0.3, 0.4) is 0 Å². The first-order chi connectivity index (χ1) is 11.0. The maximum absolute atomic E-state index is 11.8. The van der Waals surface area contributed by atoms with Crippen molar-refractivity contribution in [2.75, 3.05) is 17.8 Å². The highest BCUT2D eigenvalue weighted by molar-refractivity contribution is 9.09. The fraction of sp³-hybridized carbons (Fsp3) is 0.294. The van der Waals surface area contributed by atoms with E-state index >= 15 is 0 Å². The molecule has 122 valence electrons. The summed E-state index contributed by atoms with van der Waals surface area (Å²) in [5.41, 5.74) is 2.56. The van der Waals surface area contributed by atoms with Crippen LogP contribution < -0.4 is 0 Å². The van der Waals surface area contributed by atoms with Crippen molar-refractivity contribution in [3.8, 4) is 0 Å². The van der Waals surface area contributed by atoms with Gasteiger partial charge in [0.05, 0.1) is 12.7 Å². The summed E-state index contributed by atoms with van der Waals surface area (Å²) in [6, 6.07) is 6.77. The van der Waals surface area contributed by atoms with Gasteiger partial charge in [-0.3, -0.25) is 0 Å². The Bertz CT molecular complexity index is 670. The van der Waals surface area contributed by atoms with E-state index in [0.717, 1.165) is 11.1 Å². The van der Waals surface area contributed by atoms with Crippen LogP contribution in [-0.2, 0) is 9.53 Å². The van der Waals surface area contributed by atoms with Gasteiger partial charge >= 0.3 is 11.9 Å². The lowest BCUT2D eigenvalue weighted by Crippen LogP contribution is -2.31. The van der Waals surface area contributed by atoms with Crippen LogP contribution in [0.15, 0.2) is 42.0 Å². The van der Waals surface area contributed by atoms with Gasteiger partial charge in [-0.1, -0.05) is 56.1 Å². The van der Waals surface area contributed by atoms with E-state index in [9.17, 15) is 9.59 Å².